The molecule has 0 aromatic heterocycles. The molecule has 0 aliphatic carbocycles. The maximum atomic E-state index is 10.8. The van der Waals surface area contributed by atoms with E-state index in [-0.39, 0.29) is 12.8 Å². The van der Waals surface area contributed by atoms with Gasteiger partial charge >= 0.3 is 5.97 Å². The molecule has 0 unspecified atom stereocenters. The van der Waals surface area contributed by atoms with Gasteiger partial charge in [-0.2, -0.15) is 0 Å². The van der Waals surface area contributed by atoms with E-state index in [1.165, 1.54) is 0 Å². The lowest BCUT2D eigenvalue weighted by atomic mass is 9.51. The highest BCUT2D eigenvalue weighted by atomic mass is 16.5. The summed E-state index contributed by atoms with van der Waals surface area (Å²) in [5.74, 6) is -1.02. The number of aliphatic carboxylic acids is 1. The number of carbonyl (C=O) groups is 1. The minimum absolute atomic E-state index is 0.0948. The van der Waals surface area contributed by atoms with Gasteiger partial charge in [0.1, 0.15) is 0 Å². The van der Waals surface area contributed by atoms with Gasteiger partial charge in [0.25, 0.3) is 0 Å². The van der Waals surface area contributed by atoms with Gasteiger partial charge in [0.2, 0.25) is 0 Å². The Morgan fingerprint density at radius 3 is 1.42 bits per heavy atom. The summed E-state index contributed by atoms with van der Waals surface area (Å²) in [6.07, 6.45) is -3.51. The molecule has 0 saturated heterocycles. The van der Waals surface area contributed by atoms with Crippen LogP contribution in [0, 0.1) is 16.2 Å². The van der Waals surface area contributed by atoms with E-state index in [2.05, 4.69) is 0 Å². The summed E-state index contributed by atoms with van der Waals surface area (Å²) in [7, 11) is 0. The van der Waals surface area contributed by atoms with Gasteiger partial charge < -0.3 is 25.5 Å². The molecule has 19 heavy (non-hydrogen) atoms. The lowest BCUT2D eigenvalue weighted by molar-refractivity contribution is -0.248. The molecule has 114 valence electrons. The second-order valence-electron chi connectivity index (χ2n) is 6.42. The highest BCUT2D eigenvalue weighted by Crippen LogP contribution is 2.56. The van der Waals surface area contributed by atoms with E-state index in [1.54, 1.807) is 34.6 Å². The Morgan fingerprint density at radius 2 is 1.21 bits per heavy atom. The van der Waals surface area contributed by atoms with Gasteiger partial charge in [-0.05, 0) is 11.8 Å². The molecule has 0 atom stereocenters. The van der Waals surface area contributed by atoms with Crippen molar-refractivity contribution in [2.75, 3.05) is 0 Å². The normalized spacial score (nSPS) is 14.3. The van der Waals surface area contributed by atoms with E-state index in [1.807, 2.05) is 0 Å². The molecule has 0 heterocycles. The van der Waals surface area contributed by atoms with Crippen LogP contribution < -0.4 is 0 Å². The van der Waals surface area contributed by atoms with E-state index >= 15 is 0 Å². The Labute approximate surface area is 113 Å². The van der Waals surface area contributed by atoms with Gasteiger partial charge in [-0.1, -0.05) is 34.6 Å². The van der Waals surface area contributed by atoms with E-state index in [0.717, 1.165) is 0 Å². The van der Waals surface area contributed by atoms with Crippen LogP contribution in [0.3, 0.4) is 0 Å². The maximum absolute atomic E-state index is 10.8. The molecule has 0 aromatic carbocycles. The minimum atomic E-state index is -1.70. The van der Waals surface area contributed by atoms with Crippen molar-refractivity contribution in [3.8, 4) is 0 Å². The highest BCUT2D eigenvalue weighted by molar-refractivity contribution is 5.66. The molecule has 0 amide bonds. The fourth-order valence-electron chi connectivity index (χ4n) is 2.40. The van der Waals surface area contributed by atoms with Gasteiger partial charge in [-0.3, -0.25) is 4.79 Å². The standard InChI is InChI=1S/C13H26O6/c1-11(2,9(16)17)13(5,7-6-8(14)15)12(3,4)10(18)19/h9-10,16-19H,6-7H2,1-5H3,(H,14,15). The van der Waals surface area contributed by atoms with Gasteiger partial charge in [0.15, 0.2) is 12.6 Å². The molecule has 0 aliphatic rings. The van der Waals surface area contributed by atoms with Crippen molar-refractivity contribution in [1.82, 2.24) is 0 Å². The van der Waals surface area contributed by atoms with Crippen molar-refractivity contribution in [2.45, 2.75) is 60.0 Å². The van der Waals surface area contributed by atoms with Crippen LogP contribution in [0.25, 0.3) is 0 Å². The third kappa shape index (κ3) is 3.25. The fourth-order valence-corrected chi connectivity index (χ4v) is 2.40. The van der Waals surface area contributed by atoms with Gasteiger partial charge in [0.05, 0.1) is 0 Å². The molecule has 0 fully saturated rings. The summed E-state index contributed by atoms with van der Waals surface area (Å²) in [5, 5.41) is 47.1. The topological polar surface area (TPSA) is 118 Å². The molecule has 0 aliphatic heterocycles. The number of carboxylic acids is 1. The third-order valence-electron chi connectivity index (χ3n) is 4.97. The third-order valence-corrected chi connectivity index (χ3v) is 4.97. The first-order chi connectivity index (χ1) is 8.30. The van der Waals surface area contributed by atoms with Crippen LogP contribution >= 0.6 is 0 Å². The monoisotopic (exact) mass is 278 g/mol. The number of hydrogen-bond donors (Lipinski definition) is 5. The zero-order valence-corrected chi connectivity index (χ0v) is 12.2. The molecule has 0 rings (SSSR count). The second-order valence-corrected chi connectivity index (χ2v) is 6.42. The van der Waals surface area contributed by atoms with Crippen molar-refractivity contribution in [2.24, 2.45) is 16.2 Å². The quantitative estimate of drug-likeness (QED) is 0.434. The van der Waals surface area contributed by atoms with Crippen LogP contribution in [-0.2, 0) is 4.79 Å². The molecule has 5 N–H and O–H groups in total. The van der Waals surface area contributed by atoms with Crippen LogP contribution in [0.1, 0.15) is 47.5 Å². The second kappa shape index (κ2) is 5.75. The average molecular weight is 278 g/mol. The van der Waals surface area contributed by atoms with Crippen LogP contribution in [-0.4, -0.2) is 44.1 Å². The van der Waals surface area contributed by atoms with Crippen molar-refractivity contribution in [1.29, 1.82) is 0 Å². The molecule has 0 spiro atoms. The van der Waals surface area contributed by atoms with E-state index in [9.17, 15) is 25.2 Å². The minimum Gasteiger partial charge on any atom is -0.481 e. The van der Waals surface area contributed by atoms with Gasteiger partial charge in [-0.15, -0.1) is 0 Å². The lowest BCUT2D eigenvalue weighted by Gasteiger charge is -2.55. The summed E-state index contributed by atoms with van der Waals surface area (Å²) in [6.45, 7) is 7.94. The average Bonchev–Trinajstić information content (AvgIpc) is 2.24. The molecule has 0 aromatic rings. The Bertz CT molecular complexity index is 299. The fraction of sp³-hybridized carbons (Fsp3) is 0.923. The molecule has 0 radical (unpaired) electrons. The summed E-state index contributed by atoms with van der Waals surface area (Å²) in [4.78, 5) is 10.8. The van der Waals surface area contributed by atoms with Crippen LogP contribution in [0.5, 0.6) is 0 Å². The number of carboxylic acid groups (broad SMARTS) is 1. The predicted octanol–water partition coefficient (Wildman–Crippen LogP) is 0.531. The first-order valence-electron chi connectivity index (χ1n) is 6.24. The summed E-state index contributed by atoms with van der Waals surface area (Å²) in [5.41, 5.74) is -3.24. The van der Waals surface area contributed by atoms with E-state index < -0.39 is 34.8 Å². The van der Waals surface area contributed by atoms with Crippen molar-refractivity contribution in [3.63, 3.8) is 0 Å². The molecule has 6 heteroatoms. The SMILES string of the molecule is CC(C)(C(O)O)C(C)(CCC(=O)O)C(C)(C)C(O)O. The predicted molar refractivity (Wildman–Crippen MR) is 69.0 cm³/mol. The smallest absolute Gasteiger partial charge is 0.303 e. The van der Waals surface area contributed by atoms with Gasteiger partial charge in [0, 0.05) is 17.3 Å². The Morgan fingerprint density at radius 1 is 0.895 bits per heavy atom. The van der Waals surface area contributed by atoms with E-state index in [0.29, 0.717) is 0 Å². The highest BCUT2D eigenvalue weighted by Gasteiger charge is 2.56. The van der Waals surface area contributed by atoms with Crippen LogP contribution in [0.2, 0.25) is 0 Å². The number of hydrogen-bond acceptors (Lipinski definition) is 5. The Hall–Kier alpha value is -0.690. The largest absolute Gasteiger partial charge is 0.481 e. The first-order valence-corrected chi connectivity index (χ1v) is 6.24. The molecule has 0 bridgehead atoms. The molecule has 0 saturated carbocycles. The Balaban J connectivity index is 5.67. The maximum Gasteiger partial charge on any atom is 0.303 e. The van der Waals surface area contributed by atoms with Crippen molar-refractivity contribution >= 4 is 5.97 Å². The summed E-state index contributed by atoms with van der Waals surface area (Å²) >= 11 is 0. The number of aliphatic hydroxyl groups excluding tert-OH is 2. The lowest BCUT2D eigenvalue weighted by Crippen LogP contribution is -2.56. The Kier molecular flexibility index (Phi) is 5.54. The van der Waals surface area contributed by atoms with Crippen LogP contribution in [0.15, 0.2) is 0 Å². The van der Waals surface area contributed by atoms with Gasteiger partial charge in [-0.25, -0.2) is 0 Å². The zero-order chi connectivity index (χ0) is 15.6. The number of rotatable bonds is 7. The molecular formula is C13H26O6. The zero-order valence-electron chi connectivity index (χ0n) is 12.2. The molecular weight excluding hydrogens is 252 g/mol. The molecule has 6 nitrogen and oxygen atoms in total. The first kappa shape index (κ1) is 18.3. The summed E-state index contributed by atoms with van der Waals surface area (Å²) in [6, 6.07) is 0. The number of aliphatic hydroxyl groups is 4. The summed E-state index contributed by atoms with van der Waals surface area (Å²) < 4.78 is 0. The van der Waals surface area contributed by atoms with E-state index in [4.69, 9.17) is 5.11 Å². The van der Waals surface area contributed by atoms with Crippen LogP contribution in [0.4, 0.5) is 0 Å². The van der Waals surface area contributed by atoms with Crippen molar-refractivity contribution in [3.05, 3.63) is 0 Å². The van der Waals surface area contributed by atoms with Crippen molar-refractivity contribution < 1.29 is 30.3 Å².